The zero-order valence-electron chi connectivity index (χ0n) is 10.5. The van der Waals surface area contributed by atoms with Gasteiger partial charge in [0.15, 0.2) is 9.84 Å². The van der Waals surface area contributed by atoms with Gasteiger partial charge in [0.25, 0.3) is 0 Å². The Balaban J connectivity index is 2.31. The number of hydrogen-bond donors (Lipinski definition) is 0. The van der Waals surface area contributed by atoms with Crippen LogP contribution in [-0.2, 0) is 14.6 Å². The molecule has 0 bridgehead atoms. The molecular formula is C13H17ClO3S. The van der Waals surface area contributed by atoms with Crippen LogP contribution in [0.5, 0.6) is 0 Å². The number of ether oxygens (including phenoxy) is 1. The van der Waals surface area contributed by atoms with Crippen LogP contribution in [-0.4, -0.2) is 26.9 Å². The van der Waals surface area contributed by atoms with E-state index in [1.54, 1.807) is 31.4 Å². The first kappa shape index (κ1) is 13.8. The van der Waals surface area contributed by atoms with E-state index in [9.17, 15) is 8.42 Å². The van der Waals surface area contributed by atoms with Crippen molar-refractivity contribution in [1.82, 2.24) is 0 Å². The van der Waals surface area contributed by atoms with Crippen molar-refractivity contribution in [3.63, 3.8) is 0 Å². The molecule has 1 aliphatic rings. The minimum atomic E-state index is -3.36. The van der Waals surface area contributed by atoms with E-state index < -0.39 is 15.1 Å². The van der Waals surface area contributed by atoms with Crippen LogP contribution in [0.3, 0.4) is 0 Å². The Morgan fingerprint density at radius 1 is 1.28 bits per heavy atom. The first-order valence-corrected chi connectivity index (χ1v) is 7.90. The third kappa shape index (κ3) is 2.42. The topological polar surface area (TPSA) is 43.4 Å². The molecule has 0 unspecified atom stereocenters. The highest BCUT2D eigenvalue weighted by molar-refractivity contribution is 7.92. The quantitative estimate of drug-likeness (QED) is 0.859. The summed E-state index contributed by atoms with van der Waals surface area (Å²) in [5.74, 6) is 0.261. The Hall–Kier alpha value is -0.580. The first-order chi connectivity index (χ1) is 8.46. The minimum absolute atomic E-state index is 0.0206. The van der Waals surface area contributed by atoms with Crippen molar-refractivity contribution in [3.05, 3.63) is 29.3 Å². The van der Waals surface area contributed by atoms with Crippen molar-refractivity contribution >= 4 is 21.4 Å². The van der Waals surface area contributed by atoms with E-state index in [4.69, 9.17) is 16.3 Å². The fourth-order valence-electron chi connectivity index (χ4n) is 2.59. The highest BCUT2D eigenvalue weighted by Gasteiger charge is 2.40. The minimum Gasteiger partial charge on any atom is -0.381 e. The summed E-state index contributed by atoms with van der Waals surface area (Å²) in [5, 5.41) is -0.0941. The third-order valence-electron chi connectivity index (χ3n) is 3.65. The van der Waals surface area contributed by atoms with E-state index in [1.807, 2.05) is 6.92 Å². The lowest BCUT2D eigenvalue weighted by Gasteiger charge is -2.13. The van der Waals surface area contributed by atoms with Crippen LogP contribution in [0, 0.1) is 5.92 Å². The smallest absolute Gasteiger partial charge is 0.182 e. The summed E-state index contributed by atoms with van der Waals surface area (Å²) < 4.78 is 30.4. The second-order valence-corrected chi connectivity index (χ2v) is 7.42. The van der Waals surface area contributed by atoms with E-state index in [1.165, 1.54) is 0 Å². The molecule has 2 rings (SSSR count). The maximum absolute atomic E-state index is 12.5. The molecule has 1 fully saturated rings. The molecular weight excluding hydrogens is 272 g/mol. The molecule has 0 radical (unpaired) electrons. The van der Waals surface area contributed by atoms with Crippen molar-refractivity contribution in [1.29, 1.82) is 0 Å². The number of rotatable bonds is 3. The Morgan fingerprint density at radius 2 is 1.94 bits per heavy atom. The summed E-state index contributed by atoms with van der Waals surface area (Å²) in [5.41, 5.74) is 0. The normalized spacial score (nSPS) is 28.5. The van der Waals surface area contributed by atoms with Gasteiger partial charge in [-0.2, -0.15) is 0 Å². The Labute approximate surface area is 113 Å². The van der Waals surface area contributed by atoms with E-state index >= 15 is 0 Å². The molecule has 100 valence electrons. The lowest BCUT2D eigenvalue weighted by atomic mass is 10.1. The van der Waals surface area contributed by atoms with Gasteiger partial charge < -0.3 is 4.74 Å². The number of sulfone groups is 1. The fraction of sp³-hybridized carbons (Fsp3) is 0.538. The molecule has 0 heterocycles. The molecule has 1 aliphatic carbocycles. The molecule has 0 spiro atoms. The number of hydrogen-bond acceptors (Lipinski definition) is 3. The van der Waals surface area contributed by atoms with Crippen LogP contribution in [0.1, 0.15) is 19.8 Å². The van der Waals surface area contributed by atoms with Crippen molar-refractivity contribution in [3.8, 4) is 0 Å². The summed E-state index contributed by atoms with van der Waals surface area (Å²) in [6.07, 6.45) is 1.20. The predicted octanol–water partition coefficient (Wildman–Crippen LogP) is 2.93. The maximum Gasteiger partial charge on any atom is 0.182 e. The Bertz CT molecular complexity index is 527. The van der Waals surface area contributed by atoms with Crippen LogP contribution >= 0.6 is 11.6 Å². The van der Waals surface area contributed by atoms with Gasteiger partial charge in [-0.05, 0) is 30.9 Å². The van der Waals surface area contributed by atoms with E-state index in [0.29, 0.717) is 17.9 Å². The van der Waals surface area contributed by atoms with Gasteiger partial charge in [-0.1, -0.05) is 30.7 Å². The van der Waals surface area contributed by atoms with Crippen molar-refractivity contribution in [2.24, 2.45) is 5.92 Å². The average Bonchev–Trinajstić information content (AvgIpc) is 2.71. The van der Waals surface area contributed by atoms with Crippen molar-refractivity contribution in [2.75, 3.05) is 7.11 Å². The number of halogens is 1. The number of methoxy groups -OCH3 is 1. The van der Waals surface area contributed by atoms with Crippen LogP contribution in [0.15, 0.2) is 29.2 Å². The molecule has 0 amide bonds. The molecule has 1 saturated carbocycles. The first-order valence-electron chi connectivity index (χ1n) is 5.98. The third-order valence-corrected chi connectivity index (χ3v) is 6.32. The van der Waals surface area contributed by atoms with Gasteiger partial charge in [-0.15, -0.1) is 0 Å². The highest BCUT2D eigenvalue weighted by atomic mass is 35.5. The predicted molar refractivity (Wildman–Crippen MR) is 71.6 cm³/mol. The molecule has 5 heteroatoms. The molecule has 0 saturated heterocycles. The molecule has 0 aliphatic heterocycles. The zero-order chi connectivity index (χ0) is 13.3. The molecule has 0 aromatic heterocycles. The molecule has 3 atom stereocenters. The SMILES string of the molecule is CO[C@@H]1C[C@H](S(=O)(=O)c2ccccc2Cl)C[C@H]1C. The maximum atomic E-state index is 12.5. The van der Waals surface area contributed by atoms with Crippen LogP contribution in [0.4, 0.5) is 0 Å². The zero-order valence-corrected chi connectivity index (χ0v) is 12.0. The van der Waals surface area contributed by atoms with Crippen molar-refractivity contribution in [2.45, 2.75) is 36.0 Å². The second-order valence-electron chi connectivity index (χ2n) is 4.82. The van der Waals surface area contributed by atoms with Crippen LogP contribution in [0.25, 0.3) is 0 Å². The molecule has 1 aromatic carbocycles. The lowest BCUT2D eigenvalue weighted by molar-refractivity contribution is 0.0775. The molecule has 3 nitrogen and oxygen atoms in total. The van der Waals surface area contributed by atoms with E-state index in [-0.39, 0.29) is 16.9 Å². The average molecular weight is 289 g/mol. The van der Waals surface area contributed by atoms with Gasteiger partial charge in [0, 0.05) is 7.11 Å². The molecule has 0 N–H and O–H groups in total. The van der Waals surface area contributed by atoms with Gasteiger partial charge in [-0.25, -0.2) is 8.42 Å². The van der Waals surface area contributed by atoms with Crippen LogP contribution in [0.2, 0.25) is 5.02 Å². The van der Waals surface area contributed by atoms with Gasteiger partial charge in [0.1, 0.15) is 0 Å². The second kappa shape index (κ2) is 5.19. The summed E-state index contributed by atoms with van der Waals surface area (Å²) in [4.78, 5) is 0.237. The fourth-order valence-corrected chi connectivity index (χ4v) is 5.02. The highest BCUT2D eigenvalue weighted by Crippen LogP contribution is 2.36. The summed E-state index contributed by atoms with van der Waals surface area (Å²) in [7, 11) is -1.73. The van der Waals surface area contributed by atoms with Gasteiger partial charge in [0.2, 0.25) is 0 Å². The van der Waals surface area contributed by atoms with E-state index in [2.05, 4.69) is 0 Å². The lowest BCUT2D eigenvalue weighted by Crippen LogP contribution is -2.20. The molecule has 18 heavy (non-hydrogen) atoms. The van der Waals surface area contributed by atoms with Gasteiger partial charge >= 0.3 is 0 Å². The van der Waals surface area contributed by atoms with Gasteiger partial charge in [-0.3, -0.25) is 0 Å². The Kier molecular flexibility index (Phi) is 3.99. The summed E-state index contributed by atoms with van der Waals surface area (Å²) >= 11 is 5.98. The van der Waals surface area contributed by atoms with Crippen molar-refractivity contribution < 1.29 is 13.2 Å². The molecule has 1 aromatic rings. The standard InChI is InChI=1S/C13H17ClO3S/c1-9-7-10(8-12(9)17-2)18(15,16)13-6-4-3-5-11(13)14/h3-6,9-10,12H,7-8H2,1-2H3/t9-,10-,12-/m1/s1. The largest absolute Gasteiger partial charge is 0.381 e. The van der Waals surface area contributed by atoms with E-state index in [0.717, 1.165) is 0 Å². The van der Waals surface area contributed by atoms with Crippen LogP contribution < -0.4 is 0 Å². The van der Waals surface area contributed by atoms with Gasteiger partial charge in [0.05, 0.1) is 21.3 Å². The monoisotopic (exact) mass is 288 g/mol. The summed E-state index contributed by atoms with van der Waals surface area (Å²) in [6, 6.07) is 6.62. The number of benzene rings is 1. The Morgan fingerprint density at radius 3 is 2.50 bits per heavy atom. The summed E-state index contributed by atoms with van der Waals surface area (Å²) in [6.45, 7) is 2.02.